The van der Waals surface area contributed by atoms with Gasteiger partial charge in [0.2, 0.25) is 0 Å². The number of piperidine rings is 1. The van der Waals surface area contributed by atoms with E-state index in [0.717, 1.165) is 47.4 Å². The molecule has 1 N–H and O–H groups in total. The van der Waals surface area contributed by atoms with Gasteiger partial charge in [0.15, 0.2) is 0 Å². The number of aromatic nitrogens is 4. The summed E-state index contributed by atoms with van der Waals surface area (Å²) < 4.78 is 13.2. The smallest absolute Gasteiger partial charge is 0.252 e. The zero-order valence-electron chi connectivity index (χ0n) is 15.1. The summed E-state index contributed by atoms with van der Waals surface area (Å²) in [6.07, 6.45) is 2.84. The van der Waals surface area contributed by atoms with E-state index in [9.17, 15) is 4.79 Å². The summed E-state index contributed by atoms with van der Waals surface area (Å²) in [6.45, 7) is 2.84. The van der Waals surface area contributed by atoms with Crippen molar-refractivity contribution in [2.75, 3.05) is 20.2 Å². The number of nitrogens with zero attached hydrogens (tertiary/aromatic N) is 4. The number of ether oxygens (including phenoxy) is 2. The van der Waals surface area contributed by atoms with E-state index in [4.69, 9.17) is 9.47 Å². The predicted octanol–water partition coefficient (Wildman–Crippen LogP) is 1.47. The van der Waals surface area contributed by atoms with E-state index in [1.54, 1.807) is 13.3 Å². The van der Waals surface area contributed by atoms with Crippen molar-refractivity contribution in [3.63, 3.8) is 0 Å². The maximum Gasteiger partial charge on any atom is 0.252 e. The lowest BCUT2D eigenvalue weighted by Gasteiger charge is -2.40. The van der Waals surface area contributed by atoms with Gasteiger partial charge in [-0.15, -0.1) is 5.10 Å². The summed E-state index contributed by atoms with van der Waals surface area (Å²) in [5, 5.41) is 9.23. The lowest BCUT2D eigenvalue weighted by atomic mass is 10.00. The monoisotopic (exact) mass is 367 g/mol. The van der Waals surface area contributed by atoms with Crippen LogP contribution in [0.5, 0.6) is 5.75 Å². The zero-order valence-corrected chi connectivity index (χ0v) is 15.1. The van der Waals surface area contributed by atoms with Gasteiger partial charge < -0.3 is 14.5 Å². The molecule has 0 amide bonds. The number of rotatable bonds is 3. The molecule has 1 saturated heterocycles. The lowest BCUT2D eigenvalue weighted by Crippen LogP contribution is -2.48. The van der Waals surface area contributed by atoms with Gasteiger partial charge in [0.25, 0.3) is 5.56 Å². The van der Waals surface area contributed by atoms with E-state index < -0.39 is 0 Å². The first-order valence-electron chi connectivity index (χ1n) is 9.14. The van der Waals surface area contributed by atoms with E-state index in [1.165, 1.54) is 0 Å². The van der Waals surface area contributed by atoms with Crippen molar-refractivity contribution >= 4 is 10.9 Å². The van der Waals surface area contributed by atoms with Crippen LogP contribution >= 0.6 is 0 Å². The Morgan fingerprint density at radius 1 is 1.37 bits per heavy atom. The van der Waals surface area contributed by atoms with E-state index in [1.807, 2.05) is 28.9 Å². The average molecular weight is 367 g/mol. The second-order valence-electron chi connectivity index (χ2n) is 7.19. The number of pyridine rings is 1. The standard InChI is InChI=1S/C19H21N5O3/c1-26-15-2-3-16-12(7-15)6-13(19(25)21-16)9-23-5-4-18-17(10-23)24-14(11-27-18)8-20-22-24/h2-3,6-8,17-18H,4-5,9-11H2,1H3,(H,21,25)/t17-,18+/m0/s1. The zero-order chi connectivity index (χ0) is 18.4. The molecule has 1 fully saturated rings. The minimum absolute atomic E-state index is 0.0453. The third-order valence-corrected chi connectivity index (χ3v) is 5.53. The maximum atomic E-state index is 12.5. The number of methoxy groups -OCH3 is 1. The summed E-state index contributed by atoms with van der Waals surface area (Å²) in [7, 11) is 1.64. The van der Waals surface area contributed by atoms with Gasteiger partial charge in [-0.1, -0.05) is 5.21 Å². The highest BCUT2D eigenvalue weighted by Crippen LogP contribution is 2.30. The van der Waals surface area contributed by atoms with Gasteiger partial charge in [-0.05, 0) is 30.7 Å². The molecular formula is C19H21N5O3. The third-order valence-electron chi connectivity index (χ3n) is 5.53. The molecule has 2 atom stereocenters. The van der Waals surface area contributed by atoms with Crippen LogP contribution in [0.1, 0.15) is 23.7 Å². The van der Waals surface area contributed by atoms with Crippen LogP contribution in [0.4, 0.5) is 0 Å². The van der Waals surface area contributed by atoms with Gasteiger partial charge in [-0.3, -0.25) is 9.69 Å². The van der Waals surface area contributed by atoms with Crippen molar-refractivity contribution in [1.82, 2.24) is 24.9 Å². The van der Waals surface area contributed by atoms with Crippen molar-refractivity contribution in [2.24, 2.45) is 0 Å². The highest BCUT2D eigenvalue weighted by Gasteiger charge is 2.36. The third kappa shape index (κ3) is 2.90. The summed E-state index contributed by atoms with van der Waals surface area (Å²) >= 11 is 0. The second-order valence-corrected chi connectivity index (χ2v) is 7.19. The SMILES string of the molecule is COc1ccc2[nH]c(=O)c(CN3CC[C@H]4OCc5cnnn5[C@H]4C3)cc2c1. The molecule has 0 bridgehead atoms. The molecule has 0 spiro atoms. The van der Waals surface area contributed by atoms with Crippen LogP contribution in [0.3, 0.4) is 0 Å². The quantitative estimate of drug-likeness (QED) is 0.755. The average Bonchev–Trinajstić information content (AvgIpc) is 3.17. The molecule has 4 heterocycles. The van der Waals surface area contributed by atoms with Crippen LogP contribution in [-0.2, 0) is 17.9 Å². The number of aromatic amines is 1. The van der Waals surface area contributed by atoms with E-state index in [0.29, 0.717) is 13.2 Å². The number of hydrogen-bond donors (Lipinski definition) is 1. The molecule has 140 valence electrons. The van der Waals surface area contributed by atoms with Gasteiger partial charge in [0, 0.05) is 36.1 Å². The van der Waals surface area contributed by atoms with Gasteiger partial charge in [0.1, 0.15) is 5.75 Å². The van der Waals surface area contributed by atoms with Crippen LogP contribution in [-0.4, -0.2) is 51.2 Å². The van der Waals surface area contributed by atoms with Gasteiger partial charge >= 0.3 is 0 Å². The van der Waals surface area contributed by atoms with Crippen molar-refractivity contribution in [2.45, 2.75) is 31.7 Å². The molecule has 2 aromatic heterocycles. The first kappa shape index (κ1) is 16.5. The van der Waals surface area contributed by atoms with Crippen LogP contribution in [0.2, 0.25) is 0 Å². The predicted molar refractivity (Wildman–Crippen MR) is 98.7 cm³/mol. The Labute approximate surface area is 155 Å². The van der Waals surface area contributed by atoms with Crippen LogP contribution in [0.15, 0.2) is 35.3 Å². The molecule has 5 rings (SSSR count). The summed E-state index contributed by atoms with van der Waals surface area (Å²) in [6, 6.07) is 7.76. The van der Waals surface area contributed by atoms with E-state index >= 15 is 0 Å². The fourth-order valence-electron chi connectivity index (χ4n) is 4.10. The fourth-order valence-corrected chi connectivity index (χ4v) is 4.10. The Morgan fingerprint density at radius 2 is 2.30 bits per heavy atom. The number of hydrogen-bond acceptors (Lipinski definition) is 6. The summed E-state index contributed by atoms with van der Waals surface area (Å²) in [4.78, 5) is 17.8. The van der Waals surface area contributed by atoms with Gasteiger partial charge in [-0.2, -0.15) is 0 Å². The number of fused-ring (bicyclic) bond motifs is 4. The van der Waals surface area contributed by atoms with Crippen LogP contribution in [0.25, 0.3) is 10.9 Å². The molecule has 0 unspecified atom stereocenters. The van der Waals surface area contributed by atoms with E-state index in [2.05, 4.69) is 20.2 Å². The molecule has 2 aliphatic rings. The molecular weight excluding hydrogens is 346 g/mol. The topological polar surface area (TPSA) is 85.3 Å². The molecule has 27 heavy (non-hydrogen) atoms. The molecule has 3 aromatic rings. The van der Waals surface area contributed by atoms with Gasteiger partial charge in [-0.25, -0.2) is 4.68 Å². The molecule has 0 saturated carbocycles. The maximum absolute atomic E-state index is 12.5. The largest absolute Gasteiger partial charge is 0.497 e. The second kappa shape index (κ2) is 6.47. The summed E-state index contributed by atoms with van der Waals surface area (Å²) in [5.41, 5.74) is 2.53. The minimum atomic E-state index is -0.0453. The fraction of sp³-hybridized carbons (Fsp3) is 0.421. The van der Waals surface area contributed by atoms with Crippen LogP contribution in [0, 0.1) is 0 Å². The summed E-state index contributed by atoms with van der Waals surface area (Å²) in [5.74, 6) is 0.777. The number of nitrogens with one attached hydrogen (secondary N) is 1. The van der Waals surface area contributed by atoms with Gasteiger partial charge in [0.05, 0.1) is 37.8 Å². The Balaban J connectivity index is 1.41. The van der Waals surface area contributed by atoms with Crippen molar-refractivity contribution in [1.29, 1.82) is 0 Å². The Morgan fingerprint density at radius 3 is 3.19 bits per heavy atom. The minimum Gasteiger partial charge on any atom is -0.497 e. The lowest BCUT2D eigenvalue weighted by molar-refractivity contribution is -0.0670. The number of likely N-dealkylation sites (tertiary alicyclic amines) is 1. The first-order chi connectivity index (χ1) is 13.2. The normalized spacial score (nSPS) is 22.4. The van der Waals surface area contributed by atoms with E-state index in [-0.39, 0.29) is 17.7 Å². The first-order valence-corrected chi connectivity index (χ1v) is 9.14. The van der Waals surface area contributed by atoms with Crippen molar-refractivity contribution in [3.8, 4) is 5.75 Å². The Bertz CT molecular complexity index is 1040. The molecule has 2 aliphatic heterocycles. The molecule has 8 heteroatoms. The molecule has 0 aliphatic carbocycles. The van der Waals surface area contributed by atoms with Crippen molar-refractivity contribution in [3.05, 3.63) is 52.1 Å². The highest BCUT2D eigenvalue weighted by molar-refractivity contribution is 5.80. The number of benzene rings is 1. The number of H-pyrrole nitrogens is 1. The molecule has 1 aromatic carbocycles. The molecule has 8 nitrogen and oxygen atoms in total. The molecule has 0 radical (unpaired) electrons. The van der Waals surface area contributed by atoms with Crippen molar-refractivity contribution < 1.29 is 9.47 Å². The Hall–Kier alpha value is -2.71. The van der Waals surface area contributed by atoms with Crippen LogP contribution < -0.4 is 10.3 Å². The highest BCUT2D eigenvalue weighted by atomic mass is 16.5. The Kier molecular flexibility index (Phi) is 3.95.